The first-order chi connectivity index (χ1) is 20.0. The number of ether oxygens (including phenoxy) is 1. The van der Waals surface area contributed by atoms with Gasteiger partial charge in [-0.25, -0.2) is 0 Å². The summed E-state index contributed by atoms with van der Waals surface area (Å²) in [7, 11) is 5.18. The third-order valence-electron chi connectivity index (χ3n) is 6.12. The van der Waals surface area contributed by atoms with Gasteiger partial charge in [-0.15, -0.1) is 0 Å². The van der Waals surface area contributed by atoms with Crippen molar-refractivity contribution in [3.05, 3.63) is 53.6 Å². The Morgan fingerprint density at radius 2 is 1.76 bits per heavy atom. The van der Waals surface area contributed by atoms with Crippen LogP contribution >= 0.6 is 0 Å². The molecule has 1 aromatic rings. The number of methoxy groups -OCH3 is 1. The number of alkyl halides is 3. The van der Waals surface area contributed by atoms with Gasteiger partial charge in [-0.3, -0.25) is 9.48 Å². The molecule has 1 aliphatic heterocycles. The Bertz CT molecular complexity index is 934. The lowest BCUT2D eigenvalue weighted by Gasteiger charge is -2.27. The van der Waals surface area contributed by atoms with Crippen molar-refractivity contribution < 1.29 is 27.5 Å². The Morgan fingerprint density at radius 1 is 1.14 bits per heavy atom. The van der Waals surface area contributed by atoms with Crippen molar-refractivity contribution in [2.45, 2.75) is 92.2 Å². The minimum Gasteiger partial charge on any atom is -0.497 e. The maximum absolute atomic E-state index is 12.9. The molecule has 0 saturated carbocycles. The summed E-state index contributed by atoms with van der Waals surface area (Å²) in [6.45, 7) is 17.3. The van der Waals surface area contributed by atoms with Gasteiger partial charge >= 0.3 is 6.18 Å². The number of hydrogen-bond donors (Lipinski definition) is 0. The summed E-state index contributed by atoms with van der Waals surface area (Å²) < 4.78 is 44.7. The van der Waals surface area contributed by atoms with Crippen LogP contribution in [0.3, 0.4) is 0 Å². The third-order valence-corrected chi connectivity index (χ3v) is 6.12. The summed E-state index contributed by atoms with van der Waals surface area (Å²) in [5.41, 5.74) is -0.923. The van der Waals surface area contributed by atoms with E-state index in [4.69, 9.17) is 4.74 Å². The molecule has 0 radical (unpaired) electrons. The molecule has 1 aromatic heterocycles. The van der Waals surface area contributed by atoms with Crippen molar-refractivity contribution in [2.24, 2.45) is 7.05 Å². The molecule has 242 valence electrons. The van der Waals surface area contributed by atoms with Crippen LogP contribution in [0.5, 0.6) is 0 Å². The van der Waals surface area contributed by atoms with Crippen molar-refractivity contribution in [3.63, 3.8) is 0 Å². The number of nitrogens with zero attached hydrogens (tertiary/aromatic N) is 4. The van der Waals surface area contributed by atoms with Gasteiger partial charge in [-0.2, -0.15) is 18.3 Å². The van der Waals surface area contributed by atoms with Crippen LogP contribution < -0.4 is 0 Å². The average Bonchev–Trinajstić information content (AvgIpc) is 3.32. The van der Waals surface area contributed by atoms with Crippen molar-refractivity contribution in [1.82, 2.24) is 19.6 Å². The number of halogens is 3. The van der Waals surface area contributed by atoms with Crippen LogP contribution in [-0.4, -0.2) is 72.1 Å². The van der Waals surface area contributed by atoms with E-state index in [9.17, 15) is 22.8 Å². The quantitative estimate of drug-likeness (QED) is 0.0722. The van der Waals surface area contributed by atoms with Crippen LogP contribution in [0, 0.1) is 0 Å². The maximum atomic E-state index is 12.9. The molecule has 0 aromatic carbocycles. The van der Waals surface area contributed by atoms with Crippen LogP contribution in [-0.2, 0) is 29.2 Å². The fourth-order valence-corrected chi connectivity index (χ4v) is 4.16. The molecule has 0 saturated heterocycles. The third kappa shape index (κ3) is 16.5. The van der Waals surface area contributed by atoms with E-state index in [-0.39, 0.29) is 24.2 Å². The number of aldehydes is 1. The molecule has 0 atom stereocenters. The summed E-state index contributed by atoms with van der Waals surface area (Å²) in [4.78, 5) is 26.5. The SMILES string of the molecule is C=C/C(=C\C/C=C\C)OC.CC.CCCN(C)CCC.Cn1nc(C(F)(F)F)c2c1C(=O)N(CCCCCC=O)CC2. The Kier molecular flexibility index (Phi) is 24.3. The second kappa shape index (κ2) is 24.7. The van der Waals surface area contributed by atoms with Gasteiger partial charge in [-0.05, 0) is 77.7 Å². The van der Waals surface area contributed by atoms with Gasteiger partial charge < -0.3 is 19.3 Å². The number of aryl methyl sites for hydroxylation is 1. The normalized spacial score (nSPS) is 12.9. The van der Waals surface area contributed by atoms with Crippen molar-refractivity contribution in [3.8, 4) is 0 Å². The topological polar surface area (TPSA) is 67.7 Å². The first kappa shape index (κ1) is 41.3. The highest BCUT2D eigenvalue weighted by Crippen LogP contribution is 2.34. The van der Waals surface area contributed by atoms with Crippen molar-refractivity contribution in [1.29, 1.82) is 0 Å². The summed E-state index contributed by atoms with van der Waals surface area (Å²) in [6.07, 6.45) is 10.5. The van der Waals surface area contributed by atoms with Gasteiger partial charge in [-0.1, -0.05) is 52.8 Å². The van der Waals surface area contributed by atoms with Gasteiger partial charge in [0.1, 0.15) is 17.7 Å². The first-order valence-electron chi connectivity index (χ1n) is 15.0. The molecular formula is C32H55F3N4O3. The largest absolute Gasteiger partial charge is 0.497 e. The first-order valence-corrected chi connectivity index (χ1v) is 15.0. The standard InChI is InChI=1S/C14H18F3N3O2.C9H14O.C7H17N.C2H6/c1-19-11-10(12(18-19)14(15,16)17)6-8-20(13(11)22)7-4-2-3-5-9-21;1-4-6-7-8-9(5-2)10-3;1-4-6-8(3)7-5-2;1-2/h9H,2-8H2,1H3;4-6,8H,2,7H2,1,3H3;4-7H2,1-3H3;1-2H3/b;6-4-,9-8+;;. The van der Waals surface area contributed by atoms with Crippen molar-refractivity contribution >= 4 is 12.2 Å². The fourth-order valence-electron chi connectivity index (χ4n) is 4.16. The lowest BCUT2D eigenvalue weighted by atomic mass is 10.0. The molecule has 1 amide bonds. The van der Waals surface area contributed by atoms with Crippen LogP contribution in [0.25, 0.3) is 0 Å². The van der Waals surface area contributed by atoms with E-state index in [0.29, 0.717) is 13.0 Å². The summed E-state index contributed by atoms with van der Waals surface area (Å²) in [5.74, 6) is 0.431. The number of aromatic nitrogens is 2. The van der Waals surface area contributed by atoms with E-state index in [0.717, 1.165) is 42.4 Å². The summed E-state index contributed by atoms with van der Waals surface area (Å²) in [5, 5.41) is 3.47. The summed E-state index contributed by atoms with van der Waals surface area (Å²) in [6, 6.07) is 0. The van der Waals surface area contributed by atoms with Gasteiger partial charge in [0.25, 0.3) is 5.91 Å². The van der Waals surface area contributed by atoms with Crippen LogP contribution in [0.4, 0.5) is 13.2 Å². The zero-order valence-electron chi connectivity index (χ0n) is 27.2. The van der Waals surface area contributed by atoms with Gasteiger partial charge in [0, 0.05) is 32.1 Å². The van der Waals surface area contributed by atoms with E-state index < -0.39 is 17.8 Å². The van der Waals surface area contributed by atoms with Gasteiger partial charge in [0.05, 0.1) is 7.11 Å². The Balaban J connectivity index is 0. The molecular weight excluding hydrogens is 545 g/mol. The molecule has 0 bridgehead atoms. The number of amides is 1. The Labute approximate surface area is 252 Å². The number of hydrogen-bond acceptors (Lipinski definition) is 5. The van der Waals surface area contributed by atoms with Crippen LogP contribution in [0.15, 0.2) is 36.6 Å². The molecule has 42 heavy (non-hydrogen) atoms. The number of carbonyl (C=O) groups is 2. The highest BCUT2D eigenvalue weighted by Gasteiger charge is 2.42. The van der Waals surface area contributed by atoms with E-state index in [1.165, 1.54) is 33.0 Å². The molecule has 0 spiro atoms. The van der Waals surface area contributed by atoms with Crippen LogP contribution in [0.1, 0.15) is 101 Å². The van der Waals surface area contributed by atoms with Crippen LogP contribution in [0.2, 0.25) is 0 Å². The summed E-state index contributed by atoms with van der Waals surface area (Å²) >= 11 is 0. The Morgan fingerprint density at radius 3 is 2.24 bits per heavy atom. The van der Waals surface area contributed by atoms with E-state index >= 15 is 0 Å². The lowest BCUT2D eigenvalue weighted by molar-refractivity contribution is -0.142. The van der Waals surface area contributed by atoms with E-state index in [2.05, 4.69) is 43.5 Å². The number of unbranched alkanes of at least 4 members (excludes halogenated alkanes) is 3. The van der Waals surface area contributed by atoms with Gasteiger partial charge in [0.2, 0.25) is 0 Å². The molecule has 2 rings (SSSR count). The Hall–Kier alpha value is -2.88. The average molecular weight is 601 g/mol. The second-order valence-corrected chi connectivity index (χ2v) is 9.48. The monoisotopic (exact) mass is 600 g/mol. The molecule has 0 unspecified atom stereocenters. The van der Waals surface area contributed by atoms with Crippen molar-refractivity contribution in [2.75, 3.05) is 40.3 Å². The molecule has 1 aliphatic rings. The second-order valence-electron chi connectivity index (χ2n) is 9.48. The highest BCUT2D eigenvalue weighted by molar-refractivity contribution is 5.95. The zero-order chi connectivity index (χ0) is 32.6. The fraction of sp³-hybridized carbons (Fsp3) is 0.656. The number of fused-ring (bicyclic) bond motifs is 1. The van der Waals surface area contributed by atoms with Gasteiger partial charge in [0.15, 0.2) is 5.69 Å². The molecule has 0 fully saturated rings. The maximum Gasteiger partial charge on any atom is 0.435 e. The number of allylic oxidation sites excluding steroid dienone is 4. The zero-order valence-corrected chi connectivity index (χ0v) is 27.2. The highest BCUT2D eigenvalue weighted by atomic mass is 19.4. The molecule has 2 heterocycles. The smallest absolute Gasteiger partial charge is 0.435 e. The minimum absolute atomic E-state index is 0.00259. The predicted octanol–water partition coefficient (Wildman–Crippen LogP) is 7.63. The van der Waals surface area contributed by atoms with E-state index in [1.54, 1.807) is 18.1 Å². The van der Waals surface area contributed by atoms with E-state index in [1.807, 2.05) is 32.9 Å². The molecule has 10 heteroatoms. The minimum atomic E-state index is -4.54. The lowest BCUT2D eigenvalue weighted by Crippen LogP contribution is -2.39. The molecule has 7 nitrogen and oxygen atoms in total. The number of carbonyl (C=O) groups excluding carboxylic acids is 2. The molecule has 0 N–H and O–H groups in total. The predicted molar refractivity (Wildman–Crippen MR) is 166 cm³/mol. The molecule has 0 aliphatic carbocycles. The number of rotatable bonds is 14.